The predicted molar refractivity (Wildman–Crippen MR) is 46.0 cm³/mol. The molecule has 0 radical (unpaired) electrons. The fourth-order valence-corrected chi connectivity index (χ4v) is 1.23. The maximum Gasteiger partial charge on any atom is 0.159 e. The summed E-state index contributed by atoms with van der Waals surface area (Å²) in [6, 6.07) is 0. The van der Waals surface area contributed by atoms with Crippen LogP contribution in [0.5, 0.6) is 0 Å². The fourth-order valence-electron chi connectivity index (χ4n) is 1.23. The van der Waals surface area contributed by atoms with Crippen LogP contribution in [0.2, 0.25) is 0 Å². The summed E-state index contributed by atoms with van der Waals surface area (Å²) in [5.41, 5.74) is 0. The molecule has 0 aliphatic carbocycles. The molecule has 1 heterocycles. The highest BCUT2D eigenvalue weighted by Gasteiger charge is 2.16. The Hall–Kier alpha value is -0.200. The van der Waals surface area contributed by atoms with Gasteiger partial charge >= 0.3 is 0 Å². The van der Waals surface area contributed by atoms with E-state index in [1.54, 1.807) is 12.2 Å². The lowest BCUT2D eigenvalue weighted by Crippen LogP contribution is -2.29. The summed E-state index contributed by atoms with van der Waals surface area (Å²) in [5, 5.41) is 10.4. The quantitative estimate of drug-likeness (QED) is 0.579. The number of nitrogens with zero attached hydrogens (tertiary/aromatic N) is 1. The minimum atomic E-state index is -0.101. The zero-order chi connectivity index (χ0) is 9.52. The molecular formula is C8H17NO4. The van der Waals surface area contributed by atoms with Crippen LogP contribution in [0.4, 0.5) is 0 Å². The minimum absolute atomic E-state index is 0.0974. The van der Waals surface area contributed by atoms with Crippen LogP contribution in [0, 0.1) is 0 Å². The number of hydrogen-bond donors (Lipinski definition) is 1. The van der Waals surface area contributed by atoms with E-state index in [0.29, 0.717) is 26.3 Å². The summed E-state index contributed by atoms with van der Waals surface area (Å²) < 4.78 is 10.5. The van der Waals surface area contributed by atoms with Crippen molar-refractivity contribution < 1.29 is 19.4 Å². The van der Waals surface area contributed by atoms with E-state index in [0.717, 1.165) is 6.42 Å². The fraction of sp³-hybridized carbons (Fsp3) is 1.00. The zero-order valence-corrected chi connectivity index (χ0v) is 7.94. The molecule has 1 N–H and O–H groups in total. The Morgan fingerprint density at radius 1 is 1.38 bits per heavy atom. The van der Waals surface area contributed by atoms with Gasteiger partial charge < -0.3 is 19.4 Å². The van der Waals surface area contributed by atoms with Gasteiger partial charge in [0.25, 0.3) is 0 Å². The summed E-state index contributed by atoms with van der Waals surface area (Å²) in [7, 11) is 1.59. The summed E-state index contributed by atoms with van der Waals surface area (Å²) in [6.45, 7) is 2.68. The summed E-state index contributed by atoms with van der Waals surface area (Å²) in [4.78, 5) is 5.01. The van der Waals surface area contributed by atoms with Crippen molar-refractivity contribution in [1.82, 2.24) is 5.06 Å². The zero-order valence-electron chi connectivity index (χ0n) is 7.94. The molecule has 5 nitrogen and oxygen atoms in total. The van der Waals surface area contributed by atoms with Crippen molar-refractivity contribution in [3.8, 4) is 0 Å². The number of aliphatic hydroxyl groups is 1. The predicted octanol–water partition coefficient (Wildman–Crippen LogP) is -0.395. The van der Waals surface area contributed by atoms with Crippen LogP contribution in [0.15, 0.2) is 0 Å². The monoisotopic (exact) mass is 191 g/mol. The van der Waals surface area contributed by atoms with Gasteiger partial charge in [0.2, 0.25) is 0 Å². The molecule has 1 aliphatic rings. The van der Waals surface area contributed by atoms with Crippen LogP contribution < -0.4 is 0 Å². The van der Waals surface area contributed by atoms with Crippen molar-refractivity contribution in [2.75, 3.05) is 40.0 Å². The lowest BCUT2D eigenvalue weighted by molar-refractivity contribution is -0.151. The molecule has 1 rings (SSSR count). The Balaban J connectivity index is 2.07. The van der Waals surface area contributed by atoms with Crippen molar-refractivity contribution in [2.45, 2.75) is 12.7 Å². The van der Waals surface area contributed by atoms with Gasteiger partial charge in [0.1, 0.15) is 0 Å². The first-order chi connectivity index (χ1) is 6.36. The average molecular weight is 191 g/mol. The van der Waals surface area contributed by atoms with Gasteiger partial charge in [0.05, 0.1) is 26.9 Å². The highest BCUT2D eigenvalue weighted by atomic mass is 16.7. The molecule has 0 aromatic rings. The smallest absolute Gasteiger partial charge is 0.159 e. The maximum atomic E-state index is 8.68. The molecule has 0 atom stereocenters. The van der Waals surface area contributed by atoms with Gasteiger partial charge in [-0.25, -0.2) is 0 Å². The number of hydroxylamine groups is 2. The van der Waals surface area contributed by atoms with Crippen LogP contribution in [0.3, 0.4) is 0 Å². The van der Waals surface area contributed by atoms with Crippen molar-refractivity contribution in [3.63, 3.8) is 0 Å². The van der Waals surface area contributed by atoms with E-state index < -0.39 is 0 Å². The number of hydrogen-bond acceptors (Lipinski definition) is 5. The Kier molecular flexibility index (Phi) is 5.26. The standard InChI is InChI=1S/C8H17NO4/c1-11-9(4-5-10)3-2-8-12-6-7-13-8/h8,10H,2-7H2,1H3. The summed E-state index contributed by atoms with van der Waals surface area (Å²) in [6.07, 6.45) is 0.671. The van der Waals surface area contributed by atoms with Crippen LogP contribution in [-0.4, -0.2) is 56.5 Å². The molecule has 1 saturated heterocycles. The molecule has 0 aromatic heterocycles. The van der Waals surface area contributed by atoms with E-state index in [-0.39, 0.29) is 12.9 Å². The van der Waals surface area contributed by atoms with E-state index in [4.69, 9.17) is 19.4 Å². The highest BCUT2D eigenvalue weighted by molar-refractivity contribution is 4.54. The van der Waals surface area contributed by atoms with E-state index in [9.17, 15) is 0 Å². The highest BCUT2D eigenvalue weighted by Crippen LogP contribution is 2.08. The SMILES string of the molecule is CON(CCO)CCC1OCCO1. The second kappa shape index (κ2) is 6.28. The molecular weight excluding hydrogens is 174 g/mol. The Morgan fingerprint density at radius 2 is 2.08 bits per heavy atom. The third-order valence-corrected chi connectivity index (χ3v) is 1.91. The van der Waals surface area contributed by atoms with Gasteiger partial charge in [-0.15, -0.1) is 0 Å². The average Bonchev–Trinajstić information content (AvgIpc) is 2.64. The third-order valence-electron chi connectivity index (χ3n) is 1.91. The third kappa shape index (κ3) is 4.02. The first kappa shape index (κ1) is 10.9. The Labute approximate surface area is 78.1 Å². The Morgan fingerprint density at radius 3 is 2.62 bits per heavy atom. The topological polar surface area (TPSA) is 51.2 Å². The van der Waals surface area contributed by atoms with Gasteiger partial charge in [0.15, 0.2) is 6.29 Å². The molecule has 13 heavy (non-hydrogen) atoms. The largest absolute Gasteiger partial charge is 0.395 e. The molecule has 1 fully saturated rings. The first-order valence-corrected chi connectivity index (χ1v) is 4.50. The first-order valence-electron chi connectivity index (χ1n) is 4.50. The van der Waals surface area contributed by atoms with Crippen LogP contribution >= 0.6 is 0 Å². The van der Waals surface area contributed by atoms with Crippen molar-refractivity contribution >= 4 is 0 Å². The number of aliphatic hydroxyl groups excluding tert-OH is 1. The van der Waals surface area contributed by atoms with Gasteiger partial charge in [-0.05, 0) is 0 Å². The molecule has 0 saturated carbocycles. The number of rotatable bonds is 6. The molecule has 0 unspecified atom stereocenters. The lowest BCUT2D eigenvalue weighted by Gasteiger charge is -2.19. The molecule has 0 aromatic carbocycles. The van der Waals surface area contributed by atoms with Gasteiger partial charge in [-0.3, -0.25) is 0 Å². The van der Waals surface area contributed by atoms with E-state index in [2.05, 4.69) is 0 Å². The van der Waals surface area contributed by atoms with Crippen molar-refractivity contribution in [1.29, 1.82) is 0 Å². The van der Waals surface area contributed by atoms with Gasteiger partial charge in [-0.1, -0.05) is 0 Å². The molecule has 0 spiro atoms. The van der Waals surface area contributed by atoms with Gasteiger partial charge in [-0.2, -0.15) is 5.06 Å². The lowest BCUT2D eigenvalue weighted by atomic mass is 10.4. The maximum absolute atomic E-state index is 8.68. The summed E-state index contributed by atoms with van der Waals surface area (Å²) in [5.74, 6) is 0. The molecule has 0 amide bonds. The van der Waals surface area contributed by atoms with Gasteiger partial charge in [0, 0.05) is 19.5 Å². The Bertz CT molecular complexity index is 127. The van der Waals surface area contributed by atoms with E-state index in [1.165, 1.54) is 0 Å². The minimum Gasteiger partial charge on any atom is -0.395 e. The molecule has 5 heteroatoms. The molecule has 0 bridgehead atoms. The van der Waals surface area contributed by atoms with Crippen molar-refractivity contribution in [2.24, 2.45) is 0 Å². The second-order valence-corrected chi connectivity index (χ2v) is 2.80. The van der Waals surface area contributed by atoms with Crippen LogP contribution in [0.25, 0.3) is 0 Å². The summed E-state index contributed by atoms with van der Waals surface area (Å²) >= 11 is 0. The van der Waals surface area contributed by atoms with Crippen LogP contribution in [-0.2, 0) is 14.3 Å². The van der Waals surface area contributed by atoms with E-state index >= 15 is 0 Å². The van der Waals surface area contributed by atoms with Crippen LogP contribution in [0.1, 0.15) is 6.42 Å². The second-order valence-electron chi connectivity index (χ2n) is 2.80. The molecule has 78 valence electrons. The molecule has 1 aliphatic heterocycles. The normalized spacial score (nSPS) is 18.7. The van der Waals surface area contributed by atoms with E-state index in [1.807, 2.05) is 0 Å². The number of ether oxygens (including phenoxy) is 2. The van der Waals surface area contributed by atoms with Crippen molar-refractivity contribution in [3.05, 3.63) is 0 Å².